The minimum absolute atomic E-state index is 0.424. The number of hydrogen-bond donors (Lipinski definition) is 1. The first kappa shape index (κ1) is 19.4. The fourth-order valence-electron chi connectivity index (χ4n) is 2.28. The maximum atomic E-state index is 13.7. The molecule has 1 aliphatic heterocycles. The van der Waals surface area contributed by atoms with E-state index in [0.717, 1.165) is 0 Å². The van der Waals surface area contributed by atoms with Gasteiger partial charge < -0.3 is 10.5 Å². The Kier molecular flexibility index (Phi) is 4.20. The van der Waals surface area contributed by atoms with Crippen molar-refractivity contribution in [2.75, 3.05) is 5.73 Å². The number of nitriles is 1. The fourth-order valence-corrected chi connectivity index (χ4v) is 3.13. The van der Waals surface area contributed by atoms with E-state index >= 15 is 0 Å². The molecule has 0 spiro atoms. The second-order valence-electron chi connectivity index (χ2n) is 5.13. The van der Waals surface area contributed by atoms with Gasteiger partial charge in [0.15, 0.2) is 5.69 Å². The molecule has 0 atom stereocenters. The highest BCUT2D eigenvalue weighted by atomic mass is 35.5. The lowest BCUT2D eigenvalue weighted by atomic mass is 10.1. The van der Waals surface area contributed by atoms with Gasteiger partial charge in [0.05, 0.1) is 21.2 Å². The molecule has 0 bridgehead atoms. The quantitative estimate of drug-likeness (QED) is 0.551. The highest BCUT2D eigenvalue weighted by molar-refractivity contribution is 8.00. The van der Waals surface area contributed by atoms with Gasteiger partial charge in [-0.1, -0.05) is 11.6 Å². The molecule has 0 aliphatic carbocycles. The molecular formula is C13H4ClF7N4OS. The molecule has 2 aromatic rings. The van der Waals surface area contributed by atoms with Crippen LogP contribution in [0.2, 0.25) is 5.02 Å². The first-order valence-corrected chi connectivity index (χ1v) is 7.81. The molecule has 1 aromatic heterocycles. The molecule has 2 heterocycles. The smallest absolute Gasteiger partial charge is 0.427 e. The van der Waals surface area contributed by atoms with Gasteiger partial charge in [0, 0.05) is 6.07 Å². The lowest BCUT2D eigenvalue weighted by Crippen LogP contribution is -2.36. The lowest BCUT2D eigenvalue weighted by Gasteiger charge is -2.16. The van der Waals surface area contributed by atoms with Crippen LogP contribution in [-0.4, -0.2) is 21.4 Å². The Hall–Kier alpha value is -2.33. The largest absolute Gasteiger partial charge is 0.469 e. The van der Waals surface area contributed by atoms with Crippen LogP contribution < -0.4 is 10.5 Å². The molecule has 2 N–H and O–H groups in total. The summed E-state index contributed by atoms with van der Waals surface area (Å²) in [6.45, 7) is 0. The Morgan fingerprint density at radius 2 is 1.89 bits per heavy atom. The van der Waals surface area contributed by atoms with Crippen molar-refractivity contribution in [3.8, 4) is 17.5 Å². The summed E-state index contributed by atoms with van der Waals surface area (Å²) in [4.78, 5) is -0.752. The average Bonchev–Trinajstić information content (AvgIpc) is 2.91. The predicted molar refractivity (Wildman–Crippen MR) is 79.1 cm³/mol. The van der Waals surface area contributed by atoms with Crippen LogP contribution in [0, 0.1) is 11.3 Å². The van der Waals surface area contributed by atoms with E-state index in [-0.39, 0.29) is 0 Å². The number of halogens is 8. The van der Waals surface area contributed by atoms with Crippen LogP contribution in [0.4, 0.5) is 36.6 Å². The Morgan fingerprint density at radius 1 is 1.26 bits per heavy atom. The number of anilines is 1. The van der Waals surface area contributed by atoms with Crippen LogP contribution in [0.25, 0.3) is 5.69 Å². The molecule has 1 aromatic carbocycles. The van der Waals surface area contributed by atoms with E-state index < -0.39 is 67.7 Å². The third-order valence-corrected chi connectivity index (χ3v) is 4.56. The average molecular weight is 433 g/mol. The molecule has 1 aliphatic rings. The Morgan fingerprint density at radius 3 is 2.44 bits per heavy atom. The number of thioether (sulfide) groups is 1. The van der Waals surface area contributed by atoms with E-state index in [4.69, 9.17) is 22.6 Å². The van der Waals surface area contributed by atoms with Crippen LogP contribution in [0.5, 0.6) is 5.75 Å². The first-order valence-electron chi connectivity index (χ1n) is 6.62. The number of rotatable bonds is 2. The number of ether oxygens (including phenoxy) is 1. The number of hydrogen-bond acceptors (Lipinski definition) is 5. The zero-order valence-electron chi connectivity index (χ0n) is 12.4. The Balaban J connectivity index is 2.17. The minimum Gasteiger partial charge on any atom is -0.427 e. The number of alkyl halides is 7. The van der Waals surface area contributed by atoms with Crippen molar-refractivity contribution in [3.63, 3.8) is 0 Å². The van der Waals surface area contributed by atoms with Gasteiger partial charge in [-0.15, -0.1) is 0 Å². The first-order chi connectivity index (χ1) is 12.3. The number of nitrogen functional groups attached to an aromatic ring is 1. The van der Waals surface area contributed by atoms with Crippen molar-refractivity contribution < 1.29 is 35.5 Å². The summed E-state index contributed by atoms with van der Waals surface area (Å²) in [7, 11) is 0. The molecule has 3 rings (SSSR count). The molecule has 14 heteroatoms. The zero-order chi connectivity index (χ0) is 20.4. The third-order valence-electron chi connectivity index (χ3n) is 3.42. The van der Waals surface area contributed by atoms with Gasteiger partial charge in [-0.3, -0.25) is 0 Å². The number of aromatic nitrogens is 2. The summed E-state index contributed by atoms with van der Waals surface area (Å²) in [5, 5.41) is 11.9. The van der Waals surface area contributed by atoms with Crippen LogP contribution >= 0.6 is 23.4 Å². The maximum Gasteiger partial charge on any atom is 0.469 e. The maximum absolute atomic E-state index is 13.7. The summed E-state index contributed by atoms with van der Waals surface area (Å²) in [5.41, 5.74) is -1.59. The van der Waals surface area contributed by atoms with Crippen LogP contribution in [0.1, 0.15) is 11.3 Å². The molecule has 144 valence electrons. The van der Waals surface area contributed by atoms with Gasteiger partial charge in [0.25, 0.3) is 0 Å². The van der Waals surface area contributed by atoms with Crippen LogP contribution in [0.15, 0.2) is 17.0 Å². The highest BCUT2D eigenvalue weighted by Crippen LogP contribution is 2.55. The second kappa shape index (κ2) is 5.83. The van der Waals surface area contributed by atoms with Crippen molar-refractivity contribution in [1.82, 2.24) is 9.78 Å². The summed E-state index contributed by atoms with van der Waals surface area (Å²) in [5.74, 6) is -6.31. The van der Waals surface area contributed by atoms with E-state index in [9.17, 15) is 30.7 Å². The van der Waals surface area contributed by atoms with E-state index in [1.54, 1.807) is 0 Å². The van der Waals surface area contributed by atoms with Crippen molar-refractivity contribution in [2.24, 2.45) is 0 Å². The fraction of sp³-hybridized carbons (Fsp3) is 0.231. The number of benzene rings is 1. The molecule has 0 radical (unpaired) electrons. The number of fused-ring (bicyclic) bond motifs is 1. The van der Waals surface area contributed by atoms with Gasteiger partial charge in [-0.25, -0.2) is 4.68 Å². The molecule has 0 fully saturated rings. The molecule has 5 nitrogen and oxygen atoms in total. The van der Waals surface area contributed by atoms with Gasteiger partial charge in [-0.05, 0) is 17.8 Å². The summed E-state index contributed by atoms with van der Waals surface area (Å²) in [6.07, 6.45) is -4.85. The van der Waals surface area contributed by atoms with Crippen LogP contribution in [-0.2, 0) is 5.92 Å². The topological polar surface area (TPSA) is 76.9 Å². The molecule has 0 amide bonds. The van der Waals surface area contributed by atoms with Crippen molar-refractivity contribution in [1.29, 1.82) is 5.26 Å². The van der Waals surface area contributed by atoms with Gasteiger partial charge in [0.1, 0.15) is 17.6 Å². The van der Waals surface area contributed by atoms with E-state index in [1.165, 1.54) is 6.07 Å². The molecule has 0 saturated carbocycles. The molecule has 27 heavy (non-hydrogen) atoms. The molecule has 0 unspecified atom stereocenters. The monoisotopic (exact) mass is 432 g/mol. The van der Waals surface area contributed by atoms with Crippen molar-refractivity contribution >= 4 is 29.2 Å². The highest BCUT2D eigenvalue weighted by Gasteiger charge is 2.66. The third kappa shape index (κ3) is 3.02. The summed E-state index contributed by atoms with van der Waals surface area (Å²) >= 11 is 5.09. The van der Waals surface area contributed by atoms with E-state index in [2.05, 4.69) is 9.84 Å². The van der Waals surface area contributed by atoms with Crippen molar-refractivity contribution in [3.05, 3.63) is 28.4 Å². The Bertz CT molecular complexity index is 983. The minimum atomic E-state index is -4.85. The summed E-state index contributed by atoms with van der Waals surface area (Å²) < 4.78 is 96.4. The van der Waals surface area contributed by atoms with Crippen molar-refractivity contribution in [2.45, 2.75) is 22.4 Å². The zero-order valence-corrected chi connectivity index (χ0v) is 14.0. The molecule has 0 saturated heterocycles. The lowest BCUT2D eigenvalue weighted by molar-refractivity contribution is -0.296. The summed E-state index contributed by atoms with van der Waals surface area (Å²) in [6, 6.07) is 2.49. The standard InChI is InChI=1S/C13H4ClF7N4OS/c14-5-1-4-8(26-12(17,18)11(4,15)16)2-7(5)25-10(23)9(6(3-22)24-25)27-13(19,20)21/h1-2H,23H2. The number of nitrogens with two attached hydrogens (primary N) is 1. The predicted octanol–water partition coefficient (Wildman–Crippen LogP) is 4.67. The normalized spacial score (nSPS) is 17.3. The van der Waals surface area contributed by atoms with Crippen LogP contribution in [0.3, 0.4) is 0 Å². The Labute approximate surface area is 154 Å². The number of nitrogens with zero attached hydrogens (tertiary/aromatic N) is 3. The van der Waals surface area contributed by atoms with Gasteiger partial charge >= 0.3 is 17.5 Å². The second-order valence-corrected chi connectivity index (χ2v) is 6.61. The SMILES string of the molecule is N#Cc1nn(-c2cc3c(cc2Cl)C(F)(F)C(F)(F)O3)c(N)c1SC(F)(F)F. The van der Waals surface area contributed by atoms with E-state index in [0.29, 0.717) is 16.8 Å². The van der Waals surface area contributed by atoms with Gasteiger partial charge in [-0.2, -0.15) is 41.1 Å². The van der Waals surface area contributed by atoms with E-state index in [1.807, 2.05) is 0 Å². The molecular weight excluding hydrogens is 429 g/mol. The van der Waals surface area contributed by atoms with Gasteiger partial charge in [0.2, 0.25) is 0 Å².